The fraction of sp³-hybridized carbons (Fsp3) is 0.400. The van der Waals surface area contributed by atoms with Gasteiger partial charge in [-0.05, 0) is 38.3 Å². The Labute approximate surface area is 102 Å². The third kappa shape index (κ3) is 2.76. The monoisotopic (exact) mass is 230 g/mol. The molecule has 1 aromatic carbocycles. The first-order valence-electron chi connectivity index (χ1n) is 6.01. The SMILES string of the molecule is C=C(C)C1CC1C(C)OC(=O)c1ccccc1. The molecule has 1 saturated carbocycles. The third-order valence-electron chi connectivity index (χ3n) is 3.38. The summed E-state index contributed by atoms with van der Waals surface area (Å²) in [6.45, 7) is 7.95. The van der Waals surface area contributed by atoms with Crippen molar-refractivity contribution < 1.29 is 9.53 Å². The van der Waals surface area contributed by atoms with E-state index in [9.17, 15) is 4.79 Å². The summed E-state index contributed by atoms with van der Waals surface area (Å²) >= 11 is 0. The molecule has 0 N–H and O–H groups in total. The Morgan fingerprint density at radius 2 is 2.06 bits per heavy atom. The Morgan fingerprint density at radius 1 is 1.41 bits per heavy atom. The summed E-state index contributed by atoms with van der Waals surface area (Å²) in [5, 5.41) is 0. The zero-order valence-corrected chi connectivity index (χ0v) is 10.3. The Balaban J connectivity index is 1.90. The molecular formula is C15H18O2. The lowest BCUT2D eigenvalue weighted by Crippen LogP contribution is -2.17. The number of ether oxygens (including phenoxy) is 1. The highest BCUT2D eigenvalue weighted by Crippen LogP contribution is 2.46. The first-order chi connectivity index (χ1) is 8.09. The Kier molecular flexibility index (Phi) is 3.32. The predicted molar refractivity (Wildman–Crippen MR) is 67.7 cm³/mol. The van der Waals surface area contributed by atoms with Gasteiger partial charge in [-0.15, -0.1) is 0 Å². The van der Waals surface area contributed by atoms with Crippen LogP contribution in [-0.2, 0) is 4.74 Å². The molecule has 1 aliphatic rings. The second-order valence-corrected chi connectivity index (χ2v) is 4.83. The van der Waals surface area contributed by atoms with E-state index in [1.165, 1.54) is 5.57 Å². The van der Waals surface area contributed by atoms with Crippen LogP contribution in [0.4, 0.5) is 0 Å². The number of benzene rings is 1. The molecule has 1 fully saturated rings. The lowest BCUT2D eigenvalue weighted by Gasteiger charge is -2.13. The molecule has 0 radical (unpaired) electrons. The van der Waals surface area contributed by atoms with Gasteiger partial charge >= 0.3 is 5.97 Å². The molecule has 3 unspecified atom stereocenters. The van der Waals surface area contributed by atoms with Gasteiger partial charge in [-0.3, -0.25) is 0 Å². The van der Waals surface area contributed by atoms with E-state index in [1.807, 2.05) is 32.0 Å². The fourth-order valence-corrected chi connectivity index (χ4v) is 2.20. The molecule has 0 heterocycles. The van der Waals surface area contributed by atoms with Crippen LogP contribution in [0.3, 0.4) is 0 Å². The van der Waals surface area contributed by atoms with E-state index < -0.39 is 0 Å². The van der Waals surface area contributed by atoms with Gasteiger partial charge in [0.25, 0.3) is 0 Å². The zero-order chi connectivity index (χ0) is 12.4. The largest absolute Gasteiger partial charge is 0.459 e. The first kappa shape index (κ1) is 11.9. The molecule has 90 valence electrons. The summed E-state index contributed by atoms with van der Waals surface area (Å²) in [6, 6.07) is 9.12. The number of esters is 1. The maximum atomic E-state index is 11.8. The summed E-state index contributed by atoms with van der Waals surface area (Å²) in [5.74, 6) is 0.763. The highest BCUT2D eigenvalue weighted by atomic mass is 16.5. The molecule has 0 bridgehead atoms. The Bertz CT molecular complexity index is 422. The van der Waals surface area contributed by atoms with Crippen LogP contribution < -0.4 is 0 Å². The van der Waals surface area contributed by atoms with E-state index in [0.29, 0.717) is 17.4 Å². The molecule has 0 saturated heterocycles. The lowest BCUT2D eigenvalue weighted by molar-refractivity contribution is 0.0286. The van der Waals surface area contributed by atoms with Gasteiger partial charge < -0.3 is 4.74 Å². The van der Waals surface area contributed by atoms with Crippen LogP contribution in [0, 0.1) is 11.8 Å². The van der Waals surface area contributed by atoms with Gasteiger partial charge in [-0.25, -0.2) is 4.79 Å². The molecular weight excluding hydrogens is 212 g/mol. The minimum atomic E-state index is -0.231. The van der Waals surface area contributed by atoms with Crippen LogP contribution in [0.5, 0.6) is 0 Å². The van der Waals surface area contributed by atoms with Crippen molar-refractivity contribution in [3.63, 3.8) is 0 Å². The van der Waals surface area contributed by atoms with E-state index >= 15 is 0 Å². The van der Waals surface area contributed by atoms with E-state index in [0.717, 1.165) is 6.42 Å². The quantitative estimate of drug-likeness (QED) is 0.585. The Morgan fingerprint density at radius 3 is 2.59 bits per heavy atom. The number of carbonyl (C=O) groups excluding carboxylic acids is 1. The van der Waals surface area contributed by atoms with E-state index in [-0.39, 0.29) is 12.1 Å². The number of hydrogen-bond acceptors (Lipinski definition) is 2. The topological polar surface area (TPSA) is 26.3 Å². The Hall–Kier alpha value is -1.57. The van der Waals surface area contributed by atoms with Gasteiger partial charge in [-0.2, -0.15) is 0 Å². The zero-order valence-electron chi connectivity index (χ0n) is 10.3. The molecule has 2 heteroatoms. The first-order valence-corrected chi connectivity index (χ1v) is 6.01. The van der Waals surface area contributed by atoms with Crippen molar-refractivity contribution in [1.29, 1.82) is 0 Å². The number of carbonyl (C=O) groups is 1. The van der Waals surface area contributed by atoms with Crippen molar-refractivity contribution in [2.24, 2.45) is 11.8 Å². The van der Waals surface area contributed by atoms with Crippen LogP contribution in [0.25, 0.3) is 0 Å². The molecule has 1 aliphatic carbocycles. The molecule has 2 rings (SSSR count). The van der Waals surface area contributed by atoms with Crippen molar-refractivity contribution in [3.8, 4) is 0 Å². The average molecular weight is 230 g/mol. The summed E-state index contributed by atoms with van der Waals surface area (Å²) in [7, 11) is 0. The van der Waals surface area contributed by atoms with Gasteiger partial charge in [0.1, 0.15) is 6.10 Å². The van der Waals surface area contributed by atoms with Crippen LogP contribution >= 0.6 is 0 Å². The molecule has 2 nitrogen and oxygen atoms in total. The molecule has 0 aliphatic heterocycles. The highest BCUT2D eigenvalue weighted by Gasteiger charge is 2.43. The van der Waals surface area contributed by atoms with Crippen LogP contribution in [-0.4, -0.2) is 12.1 Å². The molecule has 1 aromatic rings. The predicted octanol–water partition coefficient (Wildman–Crippen LogP) is 3.44. The number of rotatable bonds is 4. The van der Waals surface area contributed by atoms with Gasteiger partial charge in [0.15, 0.2) is 0 Å². The second-order valence-electron chi connectivity index (χ2n) is 4.83. The normalized spacial score (nSPS) is 23.9. The van der Waals surface area contributed by atoms with Crippen molar-refractivity contribution in [3.05, 3.63) is 48.0 Å². The van der Waals surface area contributed by atoms with Crippen LogP contribution in [0.15, 0.2) is 42.5 Å². The summed E-state index contributed by atoms with van der Waals surface area (Å²) in [4.78, 5) is 11.8. The minimum Gasteiger partial charge on any atom is -0.459 e. The van der Waals surface area contributed by atoms with Gasteiger partial charge in [-0.1, -0.05) is 30.4 Å². The minimum absolute atomic E-state index is 0.0237. The van der Waals surface area contributed by atoms with Gasteiger partial charge in [0, 0.05) is 5.92 Å². The number of hydrogen-bond donors (Lipinski definition) is 0. The summed E-state index contributed by atoms with van der Waals surface area (Å²) in [5.41, 5.74) is 1.81. The smallest absolute Gasteiger partial charge is 0.338 e. The van der Waals surface area contributed by atoms with Crippen molar-refractivity contribution in [1.82, 2.24) is 0 Å². The molecule has 0 spiro atoms. The van der Waals surface area contributed by atoms with Crippen molar-refractivity contribution in [2.75, 3.05) is 0 Å². The fourth-order valence-electron chi connectivity index (χ4n) is 2.20. The van der Waals surface area contributed by atoms with Crippen molar-refractivity contribution in [2.45, 2.75) is 26.4 Å². The highest BCUT2D eigenvalue weighted by molar-refractivity contribution is 5.89. The molecule has 0 aromatic heterocycles. The van der Waals surface area contributed by atoms with Gasteiger partial charge in [0.05, 0.1) is 5.56 Å². The van der Waals surface area contributed by atoms with E-state index in [1.54, 1.807) is 12.1 Å². The summed E-state index contributed by atoms with van der Waals surface area (Å²) < 4.78 is 5.46. The standard InChI is InChI=1S/C15H18O2/c1-10(2)13-9-14(13)11(3)17-15(16)12-7-5-4-6-8-12/h4-8,11,13-14H,1,9H2,2-3H3. The van der Waals surface area contributed by atoms with Gasteiger partial charge in [0.2, 0.25) is 0 Å². The van der Waals surface area contributed by atoms with E-state index in [4.69, 9.17) is 4.74 Å². The molecule has 0 amide bonds. The maximum Gasteiger partial charge on any atom is 0.338 e. The molecule has 17 heavy (non-hydrogen) atoms. The summed E-state index contributed by atoms with van der Waals surface area (Å²) in [6.07, 6.45) is 1.07. The molecule has 3 atom stereocenters. The lowest BCUT2D eigenvalue weighted by atomic mass is 10.1. The van der Waals surface area contributed by atoms with Crippen molar-refractivity contribution >= 4 is 5.97 Å². The van der Waals surface area contributed by atoms with Crippen LogP contribution in [0.1, 0.15) is 30.6 Å². The number of allylic oxidation sites excluding steroid dienone is 1. The van der Waals surface area contributed by atoms with Crippen LogP contribution in [0.2, 0.25) is 0 Å². The maximum absolute atomic E-state index is 11.8. The third-order valence-corrected chi connectivity index (χ3v) is 3.38. The average Bonchev–Trinajstić information content (AvgIpc) is 3.10. The second kappa shape index (κ2) is 4.74. The van der Waals surface area contributed by atoms with E-state index in [2.05, 4.69) is 6.58 Å².